The number of carbonyl (C=O) groups is 1. The number of sulfonamides is 1. The molecule has 0 atom stereocenters. The minimum absolute atomic E-state index is 0.00913. The number of alkyl halides is 3. The summed E-state index contributed by atoms with van der Waals surface area (Å²) in [5.74, 6) is -1.50. The first-order valence-corrected chi connectivity index (χ1v) is 11.9. The van der Waals surface area contributed by atoms with Gasteiger partial charge >= 0.3 is 12.1 Å². The summed E-state index contributed by atoms with van der Waals surface area (Å²) < 4.78 is 77.0. The molecule has 3 rings (SSSR count). The van der Waals surface area contributed by atoms with Crippen molar-refractivity contribution in [3.05, 3.63) is 53.6 Å². The highest BCUT2D eigenvalue weighted by molar-refractivity contribution is 7.89. The van der Waals surface area contributed by atoms with Gasteiger partial charge in [0.25, 0.3) is 0 Å². The smallest absolute Gasteiger partial charge is 0.471 e. The van der Waals surface area contributed by atoms with Crippen LogP contribution < -0.4 is 14.4 Å². The van der Waals surface area contributed by atoms with Gasteiger partial charge in [0.2, 0.25) is 10.0 Å². The van der Waals surface area contributed by atoms with Crippen LogP contribution in [0.1, 0.15) is 11.1 Å². The van der Waals surface area contributed by atoms with Crippen LogP contribution >= 0.6 is 0 Å². The molecule has 0 aromatic heterocycles. The number of hydrogen-bond acceptors (Lipinski definition) is 6. The predicted octanol–water partition coefficient (Wildman–Crippen LogP) is 2.53. The largest absolute Gasteiger partial charge is 0.495 e. The zero-order chi connectivity index (χ0) is 24.9. The molecular weight excluding hydrogens is 475 g/mol. The number of piperazine rings is 1. The van der Waals surface area contributed by atoms with Crippen LogP contribution in [0.15, 0.2) is 47.4 Å². The van der Waals surface area contributed by atoms with Crippen molar-refractivity contribution in [1.82, 2.24) is 9.62 Å². The van der Waals surface area contributed by atoms with Crippen molar-refractivity contribution in [2.24, 2.45) is 0 Å². The maximum absolute atomic E-state index is 12.9. The summed E-state index contributed by atoms with van der Waals surface area (Å²) in [6, 6.07) is 11.6. The lowest BCUT2D eigenvalue weighted by Gasteiger charge is -2.36. The highest BCUT2D eigenvalue weighted by Gasteiger charge is 2.43. The molecular formula is C22H26F3N3O5S. The van der Waals surface area contributed by atoms with Crippen molar-refractivity contribution in [1.29, 1.82) is 0 Å². The molecule has 1 fully saturated rings. The quantitative estimate of drug-likeness (QED) is 0.598. The van der Waals surface area contributed by atoms with E-state index in [4.69, 9.17) is 9.47 Å². The Morgan fingerprint density at radius 2 is 1.71 bits per heavy atom. The molecule has 1 aliphatic rings. The van der Waals surface area contributed by atoms with Crippen molar-refractivity contribution >= 4 is 21.6 Å². The van der Waals surface area contributed by atoms with Crippen molar-refractivity contribution < 1.29 is 35.9 Å². The molecule has 2 aromatic rings. The van der Waals surface area contributed by atoms with Gasteiger partial charge in [0.15, 0.2) is 0 Å². The van der Waals surface area contributed by atoms with E-state index in [2.05, 4.69) is 4.72 Å². The van der Waals surface area contributed by atoms with Crippen LogP contribution in [0.25, 0.3) is 0 Å². The lowest BCUT2D eigenvalue weighted by Crippen LogP contribution is -2.52. The summed E-state index contributed by atoms with van der Waals surface area (Å²) in [7, 11) is -0.898. The van der Waals surface area contributed by atoms with Crippen molar-refractivity contribution in [2.45, 2.75) is 24.2 Å². The van der Waals surface area contributed by atoms with E-state index >= 15 is 0 Å². The maximum atomic E-state index is 12.9. The van der Waals surface area contributed by atoms with Gasteiger partial charge in [0.05, 0.1) is 24.3 Å². The highest BCUT2D eigenvalue weighted by Crippen LogP contribution is 2.32. The first kappa shape index (κ1) is 25.8. The molecule has 0 radical (unpaired) electrons. The molecule has 2 aromatic carbocycles. The van der Waals surface area contributed by atoms with Crippen molar-refractivity contribution in [3.63, 3.8) is 0 Å². The molecule has 8 nitrogen and oxygen atoms in total. The summed E-state index contributed by atoms with van der Waals surface area (Å²) in [6.07, 6.45) is -4.93. The van der Waals surface area contributed by atoms with E-state index in [1.807, 2.05) is 18.2 Å². The van der Waals surface area contributed by atoms with Crippen molar-refractivity contribution in [3.8, 4) is 5.75 Å². The molecule has 186 valence electrons. The summed E-state index contributed by atoms with van der Waals surface area (Å²) in [5.41, 5.74) is 2.10. The maximum Gasteiger partial charge on any atom is 0.471 e. The van der Waals surface area contributed by atoms with Gasteiger partial charge in [-0.25, -0.2) is 13.1 Å². The molecule has 1 amide bonds. The Morgan fingerprint density at radius 3 is 2.32 bits per heavy atom. The second-order valence-corrected chi connectivity index (χ2v) is 9.46. The highest BCUT2D eigenvalue weighted by atomic mass is 32.2. The van der Waals surface area contributed by atoms with E-state index in [-0.39, 0.29) is 37.6 Å². The number of benzene rings is 2. The van der Waals surface area contributed by atoms with Gasteiger partial charge < -0.3 is 19.3 Å². The summed E-state index contributed by atoms with van der Waals surface area (Å²) in [5, 5.41) is 0. The average molecular weight is 502 g/mol. The van der Waals surface area contributed by atoms with Gasteiger partial charge in [-0.1, -0.05) is 24.3 Å². The third-order valence-electron chi connectivity index (χ3n) is 5.38. The molecule has 0 bridgehead atoms. The molecule has 34 heavy (non-hydrogen) atoms. The fraction of sp³-hybridized carbons (Fsp3) is 0.409. The minimum atomic E-state index is -4.93. The monoisotopic (exact) mass is 501 g/mol. The number of methoxy groups -OCH3 is 2. The number of nitrogens with one attached hydrogen (secondary N) is 1. The second kappa shape index (κ2) is 10.6. The Bertz CT molecular complexity index is 1120. The Kier molecular flexibility index (Phi) is 8.05. The SMILES string of the molecule is COCc1cccc(CNS(=O)(=O)c2ccc(OC)c(N3CCN(C(=O)C(F)(F)F)CC3)c2)c1. The van der Waals surface area contributed by atoms with Gasteiger partial charge in [-0.2, -0.15) is 13.2 Å². The molecule has 1 N–H and O–H groups in total. The number of amides is 1. The normalized spacial score (nSPS) is 14.9. The van der Waals surface area contributed by atoms with Gasteiger partial charge in [-0.3, -0.25) is 4.79 Å². The van der Waals surface area contributed by atoms with E-state index in [1.54, 1.807) is 18.1 Å². The van der Waals surface area contributed by atoms with E-state index in [9.17, 15) is 26.4 Å². The van der Waals surface area contributed by atoms with Gasteiger partial charge in [-0.05, 0) is 29.3 Å². The number of carbonyl (C=O) groups excluding carboxylic acids is 1. The summed E-state index contributed by atoms with van der Waals surface area (Å²) in [6.45, 7) is 0.385. The van der Waals surface area contributed by atoms with Gasteiger partial charge in [0, 0.05) is 39.8 Å². The first-order chi connectivity index (χ1) is 16.0. The number of anilines is 1. The topological polar surface area (TPSA) is 88.2 Å². The fourth-order valence-corrected chi connectivity index (χ4v) is 4.71. The number of halogens is 3. The third kappa shape index (κ3) is 6.19. The number of hydrogen-bond donors (Lipinski definition) is 1. The van der Waals surface area contributed by atoms with Crippen LogP contribution in [0.5, 0.6) is 5.75 Å². The lowest BCUT2D eigenvalue weighted by molar-refractivity contribution is -0.185. The van der Waals surface area contributed by atoms with Crippen molar-refractivity contribution in [2.75, 3.05) is 45.3 Å². The average Bonchev–Trinajstić information content (AvgIpc) is 2.82. The van der Waals surface area contributed by atoms with E-state index in [0.29, 0.717) is 18.0 Å². The predicted molar refractivity (Wildman–Crippen MR) is 119 cm³/mol. The van der Waals surface area contributed by atoms with Gasteiger partial charge in [-0.15, -0.1) is 0 Å². The zero-order valence-corrected chi connectivity index (χ0v) is 19.6. The lowest BCUT2D eigenvalue weighted by atomic mass is 10.1. The molecule has 0 spiro atoms. The molecule has 1 aliphatic heterocycles. The van der Waals surface area contributed by atoms with Gasteiger partial charge in [0.1, 0.15) is 5.75 Å². The Morgan fingerprint density at radius 1 is 1.03 bits per heavy atom. The molecule has 0 saturated carbocycles. The molecule has 1 heterocycles. The first-order valence-electron chi connectivity index (χ1n) is 10.4. The Balaban J connectivity index is 1.74. The molecule has 0 aliphatic carbocycles. The summed E-state index contributed by atoms with van der Waals surface area (Å²) in [4.78, 5) is 13.9. The minimum Gasteiger partial charge on any atom is -0.495 e. The fourth-order valence-electron chi connectivity index (χ4n) is 3.67. The van der Waals surface area contributed by atoms with Crippen LogP contribution in [0, 0.1) is 0 Å². The van der Waals surface area contributed by atoms with Crippen LogP contribution in [0.3, 0.4) is 0 Å². The van der Waals surface area contributed by atoms with E-state index in [1.165, 1.54) is 25.3 Å². The molecule has 0 unspecified atom stereocenters. The second-order valence-electron chi connectivity index (χ2n) is 7.69. The standard InChI is InChI=1S/C22H26F3N3O5S/c1-32-15-17-5-3-4-16(12-17)14-26-34(30,31)18-6-7-20(33-2)19(13-18)27-8-10-28(11-9-27)21(29)22(23,24)25/h3-7,12-13,26H,8-11,14-15H2,1-2H3. The zero-order valence-electron chi connectivity index (χ0n) is 18.8. The van der Waals surface area contributed by atoms with Crippen LogP contribution in [-0.4, -0.2) is 65.8 Å². The van der Waals surface area contributed by atoms with Crippen LogP contribution in [0.2, 0.25) is 0 Å². The number of rotatable bonds is 8. The Labute approximate surface area is 196 Å². The number of ether oxygens (including phenoxy) is 2. The molecule has 1 saturated heterocycles. The van der Waals surface area contributed by atoms with E-state index in [0.717, 1.165) is 16.0 Å². The van der Waals surface area contributed by atoms with Crippen LogP contribution in [0.4, 0.5) is 18.9 Å². The van der Waals surface area contributed by atoms with Crippen LogP contribution in [-0.2, 0) is 32.7 Å². The Hall–Kier alpha value is -2.83. The molecule has 12 heteroatoms. The number of nitrogens with zero attached hydrogens (tertiary/aromatic N) is 2. The third-order valence-corrected chi connectivity index (χ3v) is 6.78. The summed E-state index contributed by atoms with van der Waals surface area (Å²) >= 11 is 0. The van der Waals surface area contributed by atoms with E-state index < -0.39 is 22.1 Å².